The molecular weight excluding hydrogens is 292 g/mol. The summed E-state index contributed by atoms with van der Waals surface area (Å²) in [6, 6.07) is 7.51. The van der Waals surface area contributed by atoms with Crippen LogP contribution < -0.4 is 10.5 Å². The summed E-state index contributed by atoms with van der Waals surface area (Å²) in [4.78, 5) is 0.934. The van der Waals surface area contributed by atoms with Crippen LogP contribution in [0.15, 0.2) is 29.2 Å². The van der Waals surface area contributed by atoms with E-state index in [9.17, 15) is 8.42 Å². The first-order valence-corrected chi connectivity index (χ1v) is 9.43. The second kappa shape index (κ2) is 5.95. The molecule has 1 aromatic carbocycles. The first kappa shape index (κ1) is 15.7. The fraction of sp³-hybridized carbons (Fsp3) is 0.571. The Morgan fingerprint density at radius 2 is 2.00 bits per heavy atom. The summed E-state index contributed by atoms with van der Waals surface area (Å²) >= 11 is 1.48. The summed E-state index contributed by atoms with van der Waals surface area (Å²) in [6.45, 7) is 3.93. The summed E-state index contributed by atoms with van der Waals surface area (Å²) in [5, 5.41) is 0. The Labute approximate surface area is 125 Å². The molecule has 2 rings (SSSR count). The van der Waals surface area contributed by atoms with Crippen molar-refractivity contribution < 1.29 is 8.42 Å². The molecule has 6 heteroatoms. The molecule has 1 saturated carbocycles. The van der Waals surface area contributed by atoms with E-state index in [1.54, 1.807) is 0 Å². The number of nitrogens with one attached hydrogen (secondary N) is 1. The van der Waals surface area contributed by atoms with Crippen LogP contribution in [0.2, 0.25) is 0 Å². The number of benzene rings is 1. The molecule has 3 N–H and O–H groups in total. The molecule has 0 bridgehead atoms. The van der Waals surface area contributed by atoms with E-state index in [0.717, 1.165) is 17.7 Å². The van der Waals surface area contributed by atoms with Crippen molar-refractivity contribution in [2.75, 3.05) is 17.2 Å². The Morgan fingerprint density at radius 3 is 2.60 bits per heavy atom. The van der Waals surface area contributed by atoms with Crippen LogP contribution in [0.4, 0.5) is 5.69 Å². The average molecular weight is 314 g/mol. The van der Waals surface area contributed by atoms with Crippen LogP contribution in [-0.2, 0) is 10.0 Å². The molecular formula is C14H22N2O2S2. The highest BCUT2D eigenvalue weighted by molar-refractivity contribution is 8.00. The van der Waals surface area contributed by atoms with Gasteiger partial charge >= 0.3 is 0 Å². The monoisotopic (exact) mass is 314 g/mol. The number of thioether (sulfide) groups is 1. The van der Waals surface area contributed by atoms with E-state index in [-0.39, 0.29) is 11.3 Å². The Balaban J connectivity index is 1.85. The lowest BCUT2D eigenvalue weighted by atomic mass is 10.0. The van der Waals surface area contributed by atoms with Gasteiger partial charge in [0.25, 0.3) is 0 Å². The van der Waals surface area contributed by atoms with Crippen LogP contribution in [0.5, 0.6) is 0 Å². The average Bonchev–Trinajstić information content (AvgIpc) is 3.14. The predicted octanol–water partition coefficient (Wildman–Crippen LogP) is 2.47. The molecule has 0 radical (unpaired) electrons. The second-order valence-electron chi connectivity index (χ2n) is 5.80. The van der Waals surface area contributed by atoms with E-state index >= 15 is 0 Å². The third kappa shape index (κ3) is 4.40. The number of sulfonamides is 1. The standard InChI is InChI=1S/C14H22N2O2S2/c1-14(2,11-7-8-11)16-20(17,18)10-9-19-13-6-4-3-5-12(13)15/h3-6,11,16H,7-10,15H2,1-2H3. The number of hydrogen-bond acceptors (Lipinski definition) is 4. The van der Waals surface area contributed by atoms with Gasteiger partial charge in [0, 0.05) is 21.9 Å². The molecule has 0 saturated heterocycles. The molecule has 0 aromatic heterocycles. The summed E-state index contributed by atoms with van der Waals surface area (Å²) in [5.74, 6) is 1.10. The van der Waals surface area contributed by atoms with Gasteiger partial charge in [-0.2, -0.15) is 0 Å². The number of hydrogen-bond donors (Lipinski definition) is 2. The van der Waals surface area contributed by atoms with Crippen molar-refractivity contribution in [1.82, 2.24) is 4.72 Å². The molecule has 1 aromatic rings. The topological polar surface area (TPSA) is 72.2 Å². The number of anilines is 1. The van der Waals surface area contributed by atoms with Crippen molar-refractivity contribution in [2.24, 2.45) is 5.92 Å². The number of nitrogens with two attached hydrogens (primary N) is 1. The maximum atomic E-state index is 12.1. The lowest BCUT2D eigenvalue weighted by Crippen LogP contribution is -2.46. The minimum absolute atomic E-state index is 0.113. The Morgan fingerprint density at radius 1 is 1.35 bits per heavy atom. The molecule has 1 aliphatic rings. The number of para-hydroxylation sites is 1. The van der Waals surface area contributed by atoms with Gasteiger partial charge in [-0.05, 0) is 44.7 Å². The largest absolute Gasteiger partial charge is 0.398 e. The third-order valence-electron chi connectivity index (χ3n) is 3.55. The minimum Gasteiger partial charge on any atom is -0.398 e. The van der Waals surface area contributed by atoms with Gasteiger partial charge in [-0.25, -0.2) is 13.1 Å². The van der Waals surface area contributed by atoms with E-state index in [4.69, 9.17) is 5.73 Å². The van der Waals surface area contributed by atoms with Crippen molar-refractivity contribution >= 4 is 27.5 Å². The van der Waals surface area contributed by atoms with Gasteiger partial charge in [-0.1, -0.05) is 12.1 Å². The highest BCUT2D eigenvalue weighted by atomic mass is 32.2. The Kier molecular flexibility index (Phi) is 4.66. The molecule has 0 spiro atoms. The van der Waals surface area contributed by atoms with E-state index < -0.39 is 10.0 Å². The van der Waals surface area contributed by atoms with Crippen molar-refractivity contribution in [1.29, 1.82) is 0 Å². The van der Waals surface area contributed by atoms with Gasteiger partial charge in [0.05, 0.1) is 5.75 Å². The van der Waals surface area contributed by atoms with Crippen molar-refractivity contribution in [3.8, 4) is 0 Å². The van der Waals surface area contributed by atoms with Gasteiger partial charge in [0.2, 0.25) is 10.0 Å². The number of nitrogen functional groups attached to an aromatic ring is 1. The van der Waals surface area contributed by atoms with E-state index in [0.29, 0.717) is 17.4 Å². The summed E-state index contributed by atoms with van der Waals surface area (Å²) < 4.78 is 27.0. The van der Waals surface area contributed by atoms with Crippen LogP contribution in [-0.4, -0.2) is 25.5 Å². The van der Waals surface area contributed by atoms with Gasteiger partial charge in [-0.3, -0.25) is 0 Å². The summed E-state index contributed by atoms with van der Waals surface area (Å²) in [6.07, 6.45) is 2.23. The highest BCUT2D eigenvalue weighted by Crippen LogP contribution is 2.39. The van der Waals surface area contributed by atoms with Crippen molar-refractivity contribution in [3.05, 3.63) is 24.3 Å². The zero-order valence-electron chi connectivity index (χ0n) is 11.9. The van der Waals surface area contributed by atoms with Crippen LogP contribution in [0, 0.1) is 5.92 Å². The molecule has 0 heterocycles. The predicted molar refractivity (Wildman–Crippen MR) is 85.3 cm³/mol. The maximum Gasteiger partial charge on any atom is 0.212 e. The molecule has 0 atom stereocenters. The second-order valence-corrected chi connectivity index (χ2v) is 8.78. The van der Waals surface area contributed by atoms with E-state index in [1.165, 1.54) is 11.8 Å². The van der Waals surface area contributed by atoms with Crippen LogP contribution in [0.1, 0.15) is 26.7 Å². The molecule has 1 fully saturated rings. The van der Waals surface area contributed by atoms with Crippen molar-refractivity contribution in [2.45, 2.75) is 37.1 Å². The van der Waals surface area contributed by atoms with E-state index in [2.05, 4.69) is 4.72 Å². The highest BCUT2D eigenvalue weighted by Gasteiger charge is 2.40. The number of rotatable bonds is 7. The molecule has 4 nitrogen and oxygen atoms in total. The maximum absolute atomic E-state index is 12.1. The summed E-state index contributed by atoms with van der Waals surface area (Å²) in [5.41, 5.74) is 6.21. The minimum atomic E-state index is -3.24. The molecule has 0 amide bonds. The fourth-order valence-corrected chi connectivity index (χ4v) is 5.12. The molecule has 20 heavy (non-hydrogen) atoms. The van der Waals surface area contributed by atoms with E-state index in [1.807, 2.05) is 38.1 Å². The Hall–Kier alpha value is -0.720. The first-order valence-electron chi connectivity index (χ1n) is 6.79. The Bertz CT molecular complexity index is 566. The van der Waals surface area contributed by atoms with Gasteiger partial charge in [0.15, 0.2) is 0 Å². The van der Waals surface area contributed by atoms with Crippen LogP contribution in [0.3, 0.4) is 0 Å². The van der Waals surface area contributed by atoms with Crippen LogP contribution >= 0.6 is 11.8 Å². The molecule has 0 unspecified atom stereocenters. The lowest BCUT2D eigenvalue weighted by molar-refractivity contribution is 0.401. The van der Waals surface area contributed by atoms with Crippen LogP contribution in [0.25, 0.3) is 0 Å². The lowest BCUT2D eigenvalue weighted by Gasteiger charge is -2.25. The zero-order valence-corrected chi connectivity index (χ0v) is 13.6. The summed E-state index contributed by atoms with van der Waals surface area (Å²) in [7, 11) is -3.24. The van der Waals surface area contributed by atoms with Gasteiger partial charge < -0.3 is 5.73 Å². The normalized spacial score (nSPS) is 16.3. The third-order valence-corrected chi connectivity index (χ3v) is 6.47. The van der Waals surface area contributed by atoms with Gasteiger partial charge in [-0.15, -0.1) is 11.8 Å². The molecule has 1 aliphatic carbocycles. The SMILES string of the molecule is CC(C)(NS(=O)(=O)CCSc1ccccc1N)C1CC1. The molecule has 112 valence electrons. The smallest absolute Gasteiger partial charge is 0.212 e. The van der Waals surface area contributed by atoms with Gasteiger partial charge in [0.1, 0.15) is 0 Å². The quantitative estimate of drug-likeness (QED) is 0.599. The fourth-order valence-electron chi connectivity index (χ4n) is 2.21. The first-order chi connectivity index (χ1) is 9.30. The van der Waals surface area contributed by atoms with Crippen molar-refractivity contribution in [3.63, 3.8) is 0 Å². The molecule has 0 aliphatic heterocycles. The zero-order chi connectivity index (χ0) is 14.8.